The largest absolute Gasteiger partial charge is 0.433 e. The molecule has 0 atom stereocenters. The van der Waals surface area contributed by atoms with E-state index in [1.165, 1.54) is 0 Å². The Kier molecular flexibility index (Phi) is 4.98. The Morgan fingerprint density at radius 2 is 1.75 bits per heavy atom. The summed E-state index contributed by atoms with van der Waals surface area (Å²) in [7, 11) is 0. The van der Waals surface area contributed by atoms with Crippen molar-refractivity contribution in [3.8, 4) is 0 Å². The zero-order valence-corrected chi connectivity index (χ0v) is 9.94. The molecule has 0 fully saturated rings. The Bertz CT molecular complexity index is 443. The first-order valence-corrected chi connectivity index (χ1v) is 5.35. The van der Waals surface area contributed by atoms with Gasteiger partial charge in [-0.15, -0.1) is 0 Å². The second kappa shape index (κ2) is 6.11. The molecule has 0 saturated heterocycles. The summed E-state index contributed by atoms with van der Waals surface area (Å²) in [4.78, 5) is 6.66. The number of aromatic nitrogens is 2. The van der Waals surface area contributed by atoms with Crippen LogP contribution in [0.3, 0.4) is 0 Å². The van der Waals surface area contributed by atoms with Gasteiger partial charge in [-0.25, -0.2) is 10.8 Å². The number of hydrazine groups is 1. The highest BCUT2D eigenvalue weighted by atomic mass is 19.4. The van der Waals surface area contributed by atoms with Crippen molar-refractivity contribution >= 4 is 11.8 Å². The molecule has 1 aromatic heterocycles. The van der Waals surface area contributed by atoms with Gasteiger partial charge < -0.3 is 5.32 Å². The van der Waals surface area contributed by atoms with Crippen LogP contribution in [0, 0.1) is 0 Å². The summed E-state index contributed by atoms with van der Waals surface area (Å²) >= 11 is 0. The van der Waals surface area contributed by atoms with E-state index in [2.05, 4.69) is 15.3 Å². The van der Waals surface area contributed by atoms with Crippen LogP contribution in [-0.4, -0.2) is 22.7 Å². The molecule has 5 nitrogen and oxygen atoms in total. The van der Waals surface area contributed by atoms with Crippen LogP contribution in [0.15, 0.2) is 6.07 Å². The lowest BCUT2D eigenvalue weighted by Crippen LogP contribution is -2.17. The van der Waals surface area contributed by atoms with E-state index in [9.17, 15) is 26.3 Å². The van der Waals surface area contributed by atoms with Crippen molar-refractivity contribution in [3.05, 3.63) is 11.8 Å². The Balaban J connectivity index is 2.70. The fourth-order valence-corrected chi connectivity index (χ4v) is 1.25. The molecule has 0 aliphatic heterocycles. The molecule has 0 unspecified atom stereocenters. The summed E-state index contributed by atoms with van der Waals surface area (Å²) in [5, 5.41) is 2.36. The summed E-state index contributed by atoms with van der Waals surface area (Å²) in [6, 6.07) is 0.592. The van der Waals surface area contributed by atoms with Crippen LogP contribution in [-0.2, 0) is 6.18 Å². The minimum Gasteiger partial charge on any atom is -0.370 e. The Morgan fingerprint density at radius 3 is 2.25 bits per heavy atom. The molecule has 114 valence electrons. The van der Waals surface area contributed by atoms with Crippen LogP contribution in [0.2, 0.25) is 0 Å². The number of anilines is 2. The van der Waals surface area contributed by atoms with Crippen LogP contribution >= 0.6 is 0 Å². The van der Waals surface area contributed by atoms with Crippen molar-refractivity contribution < 1.29 is 26.3 Å². The quantitative estimate of drug-likeness (QED) is 0.337. The number of alkyl halides is 6. The molecule has 1 aromatic rings. The van der Waals surface area contributed by atoms with Crippen molar-refractivity contribution in [2.75, 3.05) is 17.3 Å². The highest BCUT2D eigenvalue weighted by Gasteiger charge is 2.33. The van der Waals surface area contributed by atoms with Gasteiger partial charge in [0.2, 0.25) is 5.95 Å². The van der Waals surface area contributed by atoms with Gasteiger partial charge in [-0.05, 0) is 6.42 Å². The fraction of sp³-hybridized carbons (Fsp3) is 0.556. The molecule has 0 radical (unpaired) electrons. The maximum Gasteiger partial charge on any atom is 0.433 e. The van der Waals surface area contributed by atoms with Gasteiger partial charge in [-0.3, -0.25) is 5.43 Å². The van der Waals surface area contributed by atoms with E-state index in [0.717, 1.165) is 0 Å². The van der Waals surface area contributed by atoms with E-state index >= 15 is 0 Å². The average Bonchev–Trinajstić information content (AvgIpc) is 2.32. The van der Waals surface area contributed by atoms with Crippen molar-refractivity contribution in [1.29, 1.82) is 0 Å². The molecule has 0 amide bonds. The standard InChI is InChI=1S/C9H11F6N5/c10-8(11,12)2-1-3-17-6-4-5(9(13,14)15)18-7(19-6)20-16/h4H,1-3,16H2,(H2,17,18,19,20). The summed E-state index contributed by atoms with van der Waals surface area (Å²) in [5.41, 5.74) is 0.601. The predicted molar refractivity (Wildman–Crippen MR) is 58.6 cm³/mol. The molecule has 0 aromatic carbocycles. The van der Waals surface area contributed by atoms with Crippen molar-refractivity contribution in [1.82, 2.24) is 9.97 Å². The Labute approximate surface area is 109 Å². The highest BCUT2D eigenvalue weighted by Crippen LogP contribution is 2.29. The summed E-state index contributed by atoms with van der Waals surface area (Å²) in [5.74, 6) is 4.17. The maximum absolute atomic E-state index is 12.5. The third kappa shape index (κ3) is 5.47. The molecule has 0 saturated carbocycles. The number of halogens is 6. The van der Waals surface area contributed by atoms with Crippen LogP contribution in [0.1, 0.15) is 18.5 Å². The number of nitrogens with one attached hydrogen (secondary N) is 2. The minimum absolute atomic E-state index is 0.183. The topological polar surface area (TPSA) is 75.9 Å². The van der Waals surface area contributed by atoms with E-state index in [-0.39, 0.29) is 18.8 Å². The second-order valence-corrected chi connectivity index (χ2v) is 3.75. The minimum atomic E-state index is -4.71. The molecular formula is C9H11F6N5. The van der Waals surface area contributed by atoms with Gasteiger partial charge in [-0.2, -0.15) is 31.3 Å². The SMILES string of the molecule is NNc1nc(NCCCC(F)(F)F)cc(C(F)(F)F)n1. The van der Waals surface area contributed by atoms with E-state index in [0.29, 0.717) is 6.07 Å². The van der Waals surface area contributed by atoms with Gasteiger partial charge in [0, 0.05) is 19.0 Å². The summed E-state index contributed by atoms with van der Waals surface area (Å²) in [6.45, 7) is -0.183. The average molecular weight is 303 g/mol. The molecule has 4 N–H and O–H groups in total. The monoisotopic (exact) mass is 303 g/mol. The lowest BCUT2D eigenvalue weighted by Gasteiger charge is -2.11. The number of rotatable bonds is 5. The van der Waals surface area contributed by atoms with Crippen LogP contribution in [0.4, 0.5) is 38.1 Å². The normalized spacial score (nSPS) is 12.3. The van der Waals surface area contributed by atoms with Gasteiger partial charge in [0.15, 0.2) is 5.69 Å². The fourth-order valence-electron chi connectivity index (χ4n) is 1.25. The summed E-state index contributed by atoms with van der Waals surface area (Å²) < 4.78 is 73.2. The second-order valence-electron chi connectivity index (χ2n) is 3.75. The van der Waals surface area contributed by atoms with Crippen LogP contribution in [0.25, 0.3) is 0 Å². The molecule has 0 bridgehead atoms. The molecule has 0 aliphatic carbocycles. The van der Waals surface area contributed by atoms with Gasteiger partial charge in [0.1, 0.15) is 5.82 Å². The number of nitrogens with two attached hydrogens (primary N) is 1. The van der Waals surface area contributed by atoms with Crippen LogP contribution in [0.5, 0.6) is 0 Å². The van der Waals surface area contributed by atoms with Crippen molar-refractivity contribution in [3.63, 3.8) is 0 Å². The lowest BCUT2D eigenvalue weighted by molar-refractivity contribution is -0.141. The van der Waals surface area contributed by atoms with Gasteiger partial charge in [-0.1, -0.05) is 0 Å². The van der Waals surface area contributed by atoms with E-state index in [1.54, 1.807) is 0 Å². The molecule has 0 aliphatic rings. The smallest absolute Gasteiger partial charge is 0.370 e. The number of nitrogens with zero attached hydrogens (tertiary/aromatic N) is 2. The first-order chi connectivity index (χ1) is 9.12. The molecule has 0 spiro atoms. The number of hydrogen-bond donors (Lipinski definition) is 3. The van der Waals surface area contributed by atoms with E-state index in [4.69, 9.17) is 5.84 Å². The third-order valence-electron chi connectivity index (χ3n) is 2.09. The zero-order valence-electron chi connectivity index (χ0n) is 9.94. The zero-order chi connectivity index (χ0) is 15.4. The van der Waals surface area contributed by atoms with E-state index < -0.39 is 30.4 Å². The number of nitrogen functional groups attached to an aromatic ring is 1. The lowest BCUT2D eigenvalue weighted by atomic mass is 10.3. The van der Waals surface area contributed by atoms with Gasteiger partial charge in [0.25, 0.3) is 0 Å². The highest BCUT2D eigenvalue weighted by molar-refractivity contribution is 5.42. The van der Waals surface area contributed by atoms with Crippen molar-refractivity contribution in [2.24, 2.45) is 5.84 Å². The molecule has 20 heavy (non-hydrogen) atoms. The first-order valence-electron chi connectivity index (χ1n) is 5.35. The molecule has 11 heteroatoms. The third-order valence-corrected chi connectivity index (χ3v) is 2.09. The molecule has 1 heterocycles. The molecular weight excluding hydrogens is 292 g/mol. The van der Waals surface area contributed by atoms with Crippen molar-refractivity contribution in [2.45, 2.75) is 25.2 Å². The Hall–Kier alpha value is -1.78. The summed E-state index contributed by atoms with van der Waals surface area (Å²) in [6.07, 6.45) is -10.4. The maximum atomic E-state index is 12.5. The van der Waals surface area contributed by atoms with Gasteiger partial charge >= 0.3 is 12.4 Å². The van der Waals surface area contributed by atoms with Crippen LogP contribution < -0.4 is 16.6 Å². The first kappa shape index (κ1) is 16.3. The predicted octanol–water partition coefficient (Wildman–Crippen LogP) is 2.54. The number of hydrogen-bond acceptors (Lipinski definition) is 5. The Morgan fingerprint density at radius 1 is 1.10 bits per heavy atom. The molecule has 1 rings (SSSR count). The van der Waals surface area contributed by atoms with Gasteiger partial charge in [0.05, 0.1) is 0 Å². The van der Waals surface area contributed by atoms with E-state index in [1.807, 2.05) is 5.43 Å².